The number of carbonyl (C=O) groups excluding carboxylic acids is 1. The van der Waals surface area contributed by atoms with Crippen molar-refractivity contribution in [1.82, 2.24) is 0 Å². The van der Waals surface area contributed by atoms with Crippen LogP contribution in [0.15, 0.2) is 29.3 Å². The number of nitrogens with zero attached hydrogens (tertiary/aromatic N) is 1. The number of hydrogen-bond donors (Lipinski definition) is 0. The lowest BCUT2D eigenvalue weighted by atomic mass is 9.72. The highest BCUT2D eigenvalue weighted by atomic mass is 19.3. The molecule has 0 spiro atoms. The van der Waals surface area contributed by atoms with Crippen LogP contribution < -0.4 is 0 Å². The van der Waals surface area contributed by atoms with E-state index in [0.717, 1.165) is 0 Å². The number of aliphatic imine (C=N–C) groups is 1. The van der Waals surface area contributed by atoms with Gasteiger partial charge in [-0.25, -0.2) is 4.79 Å². The molecule has 6 heteroatoms. The lowest BCUT2D eigenvalue weighted by Gasteiger charge is -2.44. The molecule has 0 saturated heterocycles. The fourth-order valence-electron chi connectivity index (χ4n) is 1.81. The van der Waals surface area contributed by atoms with Gasteiger partial charge >= 0.3 is 11.8 Å². The summed E-state index contributed by atoms with van der Waals surface area (Å²) in [7, 11) is 0. The average molecular weight is 245 g/mol. The molecule has 2 rings (SSSR count). The quantitative estimate of drug-likeness (QED) is 0.446. The van der Waals surface area contributed by atoms with E-state index in [-0.39, 0.29) is 11.3 Å². The summed E-state index contributed by atoms with van der Waals surface area (Å²) in [6.07, 6.45) is 0.432. The van der Waals surface area contributed by atoms with Crippen molar-refractivity contribution in [2.24, 2.45) is 4.99 Å². The Morgan fingerprint density at radius 1 is 1.18 bits per heavy atom. The van der Waals surface area contributed by atoms with Gasteiger partial charge in [-0.2, -0.15) is 22.6 Å². The van der Waals surface area contributed by atoms with Gasteiger partial charge in [0.25, 0.3) is 0 Å². The normalized spacial score (nSPS) is 24.6. The molecule has 2 nitrogen and oxygen atoms in total. The van der Waals surface area contributed by atoms with Crippen LogP contribution >= 0.6 is 0 Å². The molecule has 0 bridgehead atoms. The largest absolute Gasteiger partial charge is 0.317 e. The standard InChI is InChI=1S/C11H7F4NO/c12-10(13)5-9(11(10,14)15)7-1-3-8(4-2-7)16-6-17/h1-4,9H,5H2. The zero-order chi connectivity index (χ0) is 12.7. The van der Waals surface area contributed by atoms with Gasteiger partial charge in [-0.05, 0) is 17.7 Å². The van der Waals surface area contributed by atoms with E-state index in [2.05, 4.69) is 4.99 Å². The molecule has 1 fully saturated rings. The van der Waals surface area contributed by atoms with Crippen molar-refractivity contribution in [2.45, 2.75) is 24.2 Å². The third-order valence-corrected chi connectivity index (χ3v) is 2.86. The Morgan fingerprint density at radius 2 is 1.76 bits per heavy atom. The van der Waals surface area contributed by atoms with E-state index < -0.39 is 24.2 Å². The van der Waals surface area contributed by atoms with E-state index in [0.29, 0.717) is 0 Å². The highest BCUT2D eigenvalue weighted by molar-refractivity contribution is 5.49. The predicted octanol–water partition coefficient (Wildman–Crippen LogP) is 3.41. The van der Waals surface area contributed by atoms with Crippen LogP contribution in [0.1, 0.15) is 17.9 Å². The second-order valence-corrected chi connectivity index (χ2v) is 3.88. The lowest BCUT2D eigenvalue weighted by molar-refractivity contribution is -0.290. The SMILES string of the molecule is O=C=Nc1ccc(C2CC(F)(F)C2(F)F)cc1. The Labute approximate surface area is 94.0 Å². The Bertz CT molecular complexity index is 477. The van der Waals surface area contributed by atoms with Gasteiger partial charge in [0.05, 0.1) is 11.6 Å². The first-order valence-electron chi connectivity index (χ1n) is 4.82. The summed E-state index contributed by atoms with van der Waals surface area (Å²) < 4.78 is 51.4. The summed E-state index contributed by atoms with van der Waals surface area (Å²) in [4.78, 5) is 13.2. The van der Waals surface area contributed by atoms with Crippen LogP contribution in [0.25, 0.3) is 0 Å². The molecule has 0 N–H and O–H groups in total. The van der Waals surface area contributed by atoms with Crippen molar-refractivity contribution in [3.8, 4) is 0 Å². The smallest absolute Gasteiger partial charge is 0.211 e. The molecule has 1 unspecified atom stereocenters. The van der Waals surface area contributed by atoms with E-state index in [1.165, 1.54) is 30.3 Å². The Hall–Kier alpha value is -1.68. The first kappa shape index (κ1) is 11.8. The summed E-state index contributed by atoms with van der Waals surface area (Å²) in [6, 6.07) is 5.16. The van der Waals surface area contributed by atoms with Crippen molar-refractivity contribution in [1.29, 1.82) is 0 Å². The number of alkyl halides is 4. The summed E-state index contributed by atoms with van der Waals surface area (Å²) >= 11 is 0. The van der Waals surface area contributed by atoms with Crippen LogP contribution in [0.4, 0.5) is 23.2 Å². The van der Waals surface area contributed by atoms with Crippen molar-refractivity contribution in [3.05, 3.63) is 29.8 Å². The van der Waals surface area contributed by atoms with Gasteiger partial charge in [-0.1, -0.05) is 12.1 Å². The number of hydrogen-bond acceptors (Lipinski definition) is 2. The Morgan fingerprint density at radius 3 is 2.18 bits per heavy atom. The van der Waals surface area contributed by atoms with Gasteiger partial charge < -0.3 is 0 Å². The van der Waals surface area contributed by atoms with Crippen molar-refractivity contribution in [3.63, 3.8) is 0 Å². The molecular formula is C11H7F4NO. The van der Waals surface area contributed by atoms with Gasteiger partial charge in [0.1, 0.15) is 0 Å². The van der Waals surface area contributed by atoms with Gasteiger partial charge in [-0.3, -0.25) is 0 Å². The van der Waals surface area contributed by atoms with Crippen LogP contribution in [0, 0.1) is 0 Å². The van der Waals surface area contributed by atoms with Gasteiger partial charge in [0.15, 0.2) is 0 Å². The van der Waals surface area contributed by atoms with Crippen LogP contribution in [-0.4, -0.2) is 17.9 Å². The van der Waals surface area contributed by atoms with E-state index in [1.54, 1.807) is 0 Å². The fraction of sp³-hybridized carbons (Fsp3) is 0.364. The molecule has 1 aromatic rings. The third-order valence-electron chi connectivity index (χ3n) is 2.86. The Kier molecular flexibility index (Phi) is 2.54. The van der Waals surface area contributed by atoms with Gasteiger partial charge in [-0.15, -0.1) is 0 Å². The molecular weight excluding hydrogens is 238 g/mol. The molecule has 1 saturated carbocycles. The zero-order valence-corrected chi connectivity index (χ0v) is 8.46. The number of isocyanates is 1. The summed E-state index contributed by atoms with van der Waals surface area (Å²) in [5.41, 5.74) is 0.365. The second kappa shape index (κ2) is 3.67. The maximum absolute atomic E-state index is 13.1. The topological polar surface area (TPSA) is 29.4 Å². The molecule has 1 aromatic carbocycles. The van der Waals surface area contributed by atoms with E-state index in [4.69, 9.17) is 0 Å². The molecule has 0 amide bonds. The molecule has 0 heterocycles. The molecule has 1 aliphatic carbocycles. The second-order valence-electron chi connectivity index (χ2n) is 3.88. The monoisotopic (exact) mass is 245 g/mol. The molecule has 0 aromatic heterocycles. The molecule has 0 radical (unpaired) electrons. The van der Waals surface area contributed by atoms with Crippen molar-refractivity contribution < 1.29 is 22.4 Å². The van der Waals surface area contributed by atoms with Crippen LogP contribution in [-0.2, 0) is 4.79 Å². The Balaban J connectivity index is 2.23. The van der Waals surface area contributed by atoms with Crippen LogP contribution in [0.3, 0.4) is 0 Å². The summed E-state index contributed by atoms with van der Waals surface area (Å²) in [6.45, 7) is 0. The molecule has 0 aliphatic heterocycles. The predicted molar refractivity (Wildman–Crippen MR) is 51.5 cm³/mol. The van der Waals surface area contributed by atoms with Crippen molar-refractivity contribution >= 4 is 11.8 Å². The van der Waals surface area contributed by atoms with E-state index >= 15 is 0 Å². The molecule has 1 aliphatic rings. The zero-order valence-electron chi connectivity index (χ0n) is 8.46. The maximum Gasteiger partial charge on any atom is 0.317 e. The first-order chi connectivity index (χ1) is 7.88. The minimum absolute atomic E-state index is 0.116. The van der Waals surface area contributed by atoms with Crippen LogP contribution in [0.2, 0.25) is 0 Å². The van der Waals surface area contributed by atoms with Gasteiger partial charge in [0, 0.05) is 6.42 Å². The summed E-state index contributed by atoms with van der Waals surface area (Å²) in [5, 5.41) is 0. The summed E-state index contributed by atoms with van der Waals surface area (Å²) in [5.74, 6) is -9.42. The highest BCUT2D eigenvalue weighted by Crippen LogP contribution is 2.59. The van der Waals surface area contributed by atoms with Crippen LogP contribution in [0.5, 0.6) is 0 Å². The molecule has 90 valence electrons. The minimum Gasteiger partial charge on any atom is -0.211 e. The first-order valence-corrected chi connectivity index (χ1v) is 4.82. The average Bonchev–Trinajstić information content (AvgIpc) is 2.28. The van der Waals surface area contributed by atoms with E-state index in [1.807, 2.05) is 0 Å². The van der Waals surface area contributed by atoms with Crippen molar-refractivity contribution in [2.75, 3.05) is 0 Å². The molecule has 1 atom stereocenters. The number of halogens is 4. The van der Waals surface area contributed by atoms with Gasteiger partial charge in [0.2, 0.25) is 6.08 Å². The molecule has 17 heavy (non-hydrogen) atoms. The fourth-order valence-corrected chi connectivity index (χ4v) is 1.81. The lowest BCUT2D eigenvalue weighted by Crippen LogP contribution is -2.56. The maximum atomic E-state index is 13.1. The number of benzene rings is 1. The van der Waals surface area contributed by atoms with E-state index in [9.17, 15) is 22.4 Å². The number of rotatable bonds is 2. The minimum atomic E-state index is -4.01. The third kappa shape index (κ3) is 1.74. The highest BCUT2D eigenvalue weighted by Gasteiger charge is 2.71.